The number of unbranched alkanes of at least 4 members (excludes halogenated alkanes) is 10. The summed E-state index contributed by atoms with van der Waals surface area (Å²) in [5.74, 6) is 0.859. The maximum Gasteiger partial charge on any atom is 0.150 e. The van der Waals surface area contributed by atoms with Gasteiger partial charge in [0.1, 0.15) is 12.0 Å². The Morgan fingerprint density at radius 3 is 1.77 bits per heavy atom. The Balaban J connectivity index is 1.86. The summed E-state index contributed by atoms with van der Waals surface area (Å²) in [5, 5.41) is 0. The van der Waals surface area contributed by atoms with Crippen molar-refractivity contribution in [3.63, 3.8) is 0 Å². The summed E-state index contributed by atoms with van der Waals surface area (Å²) in [7, 11) is 0. The molecule has 0 bridgehead atoms. The van der Waals surface area contributed by atoms with Crippen molar-refractivity contribution in [2.24, 2.45) is 0 Å². The molecule has 2 heteroatoms. The van der Waals surface area contributed by atoms with Crippen LogP contribution in [0.3, 0.4) is 0 Å². The van der Waals surface area contributed by atoms with Crippen LogP contribution in [0.25, 0.3) is 0 Å². The molecule has 0 atom stereocenters. The van der Waals surface area contributed by atoms with Gasteiger partial charge in [-0.1, -0.05) is 71.1 Å². The fraction of sp³-hybridized carbons (Fsp3) is 0.650. The van der Waals surface area contributed by atoms with Crippen molar-refractivity contribution < 1.29 is 9.53 Å². The standard InChI is InChI=1S/C20H32O2/c1-2-3-4-5-6-7-8-9-10-11-12-17-22-20-15-13-19(18-21)14-16-20/h13-16,18H,2-12,17H2,1H3. The second kappa shape index (κ2) is 13.4. The zero-order valence-electron chi connectivity index (χ0n) is 14.2. The molecule has 0 aliphatic rings. The molecular formula is C20H32O2. The molecule has 0 saturated heterocycles. The highest BCUT2D eigenvalue weighted by atomic mass is 16.5. The molecule has 2 nitrogen and oxygen atoms in total. The minimum atomic E-state index is 0.696. The van der Waals surface area contributed by atoms with E-state index < -0.39 is 0 Å². The lowest BCUT2D eigenvalue weighted by Gasteiger charge is -2.06. The number of aldehydes is 1. The quantitative estimate of drug-likeness (QED) is 0.302. The van der Waals surface area contributed by atoms with Gasteiger partial charge in [0.05, 0.1) is 6.61 Å². The van der Waals surface area contributed by atoms with Gasteiger partial charge in [0.2, 0.25) is 0 Å². The van der Waals surface area contributed by atoms with Crippen LogP contribution in [0.5, 0.6) is 5.75 Å². The van der Waals surface area contributed by atoms with Gasteiger partial charge in [-0.05, 0) is 30.7 Å². The fourth-order valence-electron chi connectivity index (χ4n) is 2.60. The van der Waals surface area contributed by atoms with Gasteiger partial charge in [0.15, 0.2) is 0 Å². The first kappa shape index (κ1) is 18.7. The molecule has 0 radical (unpaired) electrons. The molecule has 0 spiro atoms. The van der Waals surface area contributed by atoms with Gasteiger partial charge in [0.25, 0.3) is 0 Å². The highest BCUT2D eigenvalue weighted by Gasteiger charge is 1.96. The summed E-state index contributed by atoms with van der Waals surface area (Å²) in [6, 6.07) is 7.32. The largest absolute Gasteiger partial charge is 0.494 e. The van der Waals surface area contributed by atoms with Crippen molar-refractivity contribution >= 4 is 6.29 Å². The van der Waals surface area contributed by atoms with Gasteiger partial charge in [-0.3, -0.25) is 4.79 Å². The molecule has 0 aliphatic heterocycles. The van der Waals surface area contributed by atoms with Crippen molar-refractivity contribution in [1.29, 1.82) is 0 Å². The van der Waals surface area contributed by atoms with Gasteiger partial charge in [-0.15, -0.1) is 0 Å². The minimum Gasteiger partial charge on any atom is -0.494 e. The highest BCUT2D eigenvalue weighted by molar-refractivity contribution is 5.74. The van der Waals surface area contributed by atoms with Crippen LogP contribution < -0.4 is 4.74 Å². The summed E-state index contributed by atoms with van der Waals surface area (Å²) in [6.45, 7) is 3.04. The van der Waals surface area contributed by atoms with Gasteiger partial charge in [0, 0.05) is 5.56 Å². The van der Waals surface area contributed by atoms with E-state index in [2.05, 4.69) is 6.92 Å². The number of ether oxygens (including phenoxy) is 1. The van der Waals surface area contributed by atoms with E-state index in [1.807, 2.05) is 12.1 Å². The van der Waals surface area contributed by atoms with E-state index >= 15 is 0 Å². The summed E-state index contributed by atoms with van der Waals surface area (Å²) >= 11 is 0. The number of hydrogen-bond donors (Lipinski definition) is 0. The SMILES string of the molecule is CCCCCCCCCCCCCOc1ccc(C=O)cc1. The Kier molecular flexibility index (Phi) is 11.4. The van der Waals surface area contributed by atoms with E-state index in [0.29, 0.717) is 5.56 Å². The Bertz CT molecular complexity index is 370. The number of benzene rings is 1. The van der Waals surface area contributed by atoms with E-state index in [1.54, 1.807) is 12.1 Å². The summed E-state index contributed by atoms with van der Waals surface area (Å²) < 4.78 is 5.67. The van der Waals surface area contributed by atoms with Crippen molar-refractivity contribution in [3.8, 4) is 5.75 Å². The molecule has 0 saturated carbocycles. The van der Waals surface area contributed by atoms with Gasteiger partial charge < -0.3 is 4.74 Å². The van der Waals surface area contributed by atoms with E-state index in [0.717, 1.165) is 25.1 Å². The molecule has 124 valence electrons. The van der Waals surface area contributed by atoms with Crippen LogP contribution >= 0.6 is 0 Å². The predicted molar refractivity (Wildman–Crippen MR) is 93.8 cm³/mol. The molecule has 1 aromatic carbocycles. The number of rotatable bonds is 14. The predicted octanol–water partition coefficient (Wildman–Crippen LogP) is 6.19. The van der Waals surface area contributed by atoms with E-state index in [-0.39, 0.29) is 0 Å². The third-order valence-corrected chi connectivity index (χ3v) is 4.03. The maximum atomic E-state index is 10.5. The molecule has 1 rings (SSSR count). The first-order chi connectivity index (χ1) is 10.9. The summed E-state index contributed by atoms with van der Waals surface area (Å²) in [6.07, 6.45) is 15.7. The molecule has 0 N–H and O–H groups in total. The van der Waals surface area contributed by atoms with E-state index in [4.69, 9.17) is 4.74 Å². The fourth-order valence-corrected chi connectivity index (χ4v) is 2.60. The first-order valence-corrected chi connectivity index (χ1v) is 9.05. The van der Waals surface area contributed by atoms with Gasteiger partial charge in [-0.25, -0.2) is 0 Å². The molecule has 0 heterocycles. The molecule has 1 aromatic rings. The van der Waals surface area contributed by atoms with Crippen LogP contribution in [0.15, 0.2) is 24.3 Å². The highest BCUT2D eigenvalue weighted by Crippen LogP contribution is 2.13. The lowest BCUT2D eigenvalue weighted by atomic mass is 10.1. The van der Waals surface area contributed by atoms with Gasteiger partial charge >= 0.3 is 0 Å². The van der Waals surface area contributed by atoms with E-state index in [9.17, 15) is 4.79 Å². The first-order valence-electron chi connectivity index (χ1n) is 9.05. The lowest BCUT2D eigenvalue weighted by molar-refractivity contribution is 0.112. The molecule has 0 unspecified atom stereocenters. The molecule has 0 aliphatic carbocycles. The monoisotopic (exact) mass is 304 g/mol. The van der Waals surface area contributed by atoms with Crippen LogP contribution in [0.1, 0.15) is 87.9 Å². The average molecular weight is 304 g/mol. The van der Waals surface area contributed by atoms with Crippen molar-refractivity contribution in [2.75, 3.05) is 6.61 Å². The second-order valence-corrected chi connectivity index (χ2v) is 6.07. The van der Waals surface area contributed by atoms with Crippen LogP contribution in [0.2, 0.25) is 0 Å². The molecule has 0 aromatic heterocycles. The third kappa shape index (κ3) is 9.59. The normalized spacial score (nSPS) is 10.6. The van der Waals surface area contributed by atoms with Crippen molar-refractivity contribution in [1.82, 2.24) is 0 Å². The Hall–Kier alpha value is -1.31. The van der Waals surface area contributed by atoms with Crippen LogP contribution in [-0.2, 0) is 0 Å². The Morgan fingerprint density at radius 1 is 0.773 bits per heavy atom. The van der Waals surface area contributed by atoms with Crippen LogP contribution in [0, 0.1) is 0 Å². The topological polar surface area (TPSA) is 26.3 Å². The smallest absolute Gasteiger partial charge is 0.150 e. The third-order valence-electron chi connectivity index (χ3n) is 4.03. The molecule has 0 fully saturated rings. The second-order valence-electron chi connectivity index (χ2n) is 6.07. The summed E-state index contributed by atoms with van der Waals surface area (Å²) in [5.41, 5.74) is 0.696. The van der Waals surface area contributed by atoms with Gasteiger partial charge in [-0.2, -0.15) is 0 Å². The molecule has 0 amide bonds. The Morgan fingerprint density at radius 2 is 1.27 bits per heavy atom. The average Bonchev–Trinajstić information content (AvgIpc) is 2.56. The lowest BCUT2D eigenvalue weighted by Crippen LogP contribution is -1.97. The van der Waals surface area contributed by atoms with Crippen LogP contribution in [0.4, 0.5) is 0 Å². The zero-order valence-corrected chi connectivity index (χ0v) is 14.2. The van der Waals surface area contributed by atoms with Crippen LogP contribution in [-0.4, -0.2) is 12.9 Å². The number of carbonyl (C=O) groups is 1. The maximum absolute atomic E-state index is 10.5. The van der Waals surface area contributed by atoms with Crippen molar-refractivity contribution in [2.45, 2.75) is 77.6 Å². The zero-order chi connectivity index (χ0) is 15.9. The Labute approximate surface area is 136 Å². The molecular weight excluding hydrogens is 272 g/mol. The van der Waals surface area contributed by atoms with Crippen molar-refractivity contribution in [3.05, 3.63) is 29.8 Å². The minimum absolute atomic E-state index is 0.696. The summed E-state index contributed by atoms with van der Waals surface area (Å²) in [4.78, 5) is 10.5. The van der Waals surface area contributed by atoms with E-state index in [1.165, 1.54) is 64.2 Å². The number of hydrogen-bond acceptors (Lipinski definition) is 2. The molecule has 22 heavy (non-hydrogen) atoms. The number of carbonyl (C=O) groups excluding carboxylic acids is 1.